The number of rotatable bonds is 34. The van der Waals surface area contributed by atoms with Crippen molar-refractivity contribution in [2.45, 2.75) is 220 Å². The highest BCUT2D eigenvalue weighted by atomic mass is 79.9. The van der Waals surface area contributed by atoms with Crippen LogP contribution < -0.4 is 17.0 Å². The maximum Gasteiger partial charge on any atom is 0.0786 e. The first kappa shape index (κ1) is 42.6. The summed E-state index contributed by atoms with van der Waals surface area (Å²) in [6.45, 7) is 15.2. The fourth-order valence-electron chi connectivity index (χ4n) is 6.56. The smallest absolute Gasteiger partial charge is 0.0786 e. The highest BCUT2D eigenvalue weighted by molar-refractivity contribution is 4.53. The molecule has 1 nitrogen and oxygen atoms in total. The summed E-state index contributed by atoms with van der Waals surface area (Å²) >= 11 is 0. The summed E-state index contributed by atoms with van der Waals surface area (Å²) in [4.78, 5) is 0. The van der Waals surface area contributed by atoms with Gasteiger partial charge in [0, 0.05) is 0 Å². The third kappa shape index (κ3) is 29.9. The molecule has 244 valence electrons. The van der Waals surface area contributed by atoms with Gasteiger partial charge in [-0.05, 0) is 32.1 Å². The van der Waals surface area contributed by atoms with Crippen molar-refractivity contribution in [2.75, 3.05) is 26.2 Å². The fraction of sp³-hybridized carbons (Fsp3) is 1.00. The van der Waals surface area contributed by atoms with Crippen LogP contribution in [0.15, 0.2) is 0 Å². The van der Waals surface area contributed by atoms with E-state index in [0.717, 1.165) is 0 Å². The molecule has 0 spiro atoms. The van der Waals surface area contributed by atoms with Crippen LogP contribution in [0.25, 0.3) is 0 Å². The fourth-order valence-corrected chi connectivity index (χ4v) is 6.56. The van der Waals surface area contributed by atoms with Crippen LogP contribution in [0.3, 0.4) is 0 Å². The van der Waals surface area contributed by atoms with Gasteiger partial charge in [0.25, 0.3) is 0 Å². The van der Waals surface area contributed by atoms with Gasteiger partial charge in [-0.3, -0.25) is 0 Å². The molecule has 0 bridgehead atoms. The number of hydrogen-bond acceptors (Lipinski definition) is 0. The molecule has 0 atom stereocenters. The van der Waals surface area contributed by atoms with E-state index in [9.17, 15) is 0 Å². The van der Waals surface area contributed by atoms with Crippen LogP contribution >= 0.6 is 0 Å². The number of quaternary nitrogens is 1. The van der Waals surface area contributed by atoms with Gasteiger partial charge in [-0.15, -0.1) is 0 Å². The summed E-state index contributed by atoms with van der Waals surface area (Å²) in [7, 11) is 0. The molecule has 0 aromatic rings. The van der Waals surface area contributed by atoms with Gasteiger partial charge in [0.05, 0.1) is 26.2 Å². The lowest BCUT2D eigenvalue weighted by Gasteiger charge is -2.39. The van der Waals surface area contributed by atoms with Crippen molar-refractivity contribution in [3.8, 4) is 0 Å². The number of unbranched alkanes of at least 4 members (excludes halogenated alkanes) is 26. The highest BCUT2D eigenvalue weighted by Crippen LogP contribution is 2.19. The van der Waals surface area contributed by atoms with Crippen LogP contribution in [0.1, 0.15) is 220 Å². The first-order valence-electron chi connectivity index (χ1n) is 19.1. The zero-order valence-corrected chi connectivity index (χ0v) is 30.5. The monoisotopic (exact) mass is 630 g/mol. The third-order valence-corrected chi connectivity index (χ3v) is 9.44. The van der Waals surface area contributed by atoms with Crippen LogP contribution in [0.2, 0.25) is 0 Å². The summed E-state index contributed by atoms with van der Waals surface area (Å²) in [5.41, 5.74) is 0. The molecule has 0 amide bonds. The van der Waals surface area contributed by atoms with Gasteiger partial charge in [0.1, 0.15) is 0 Å². The molecule has 0 fully saturated rings. The first-order chi connectivity index (χ1) is 19.2. The summed E-state index contributed by atoms with van der Waals surface area (Å²) < 4.78 is 1.44. The van der Waals surface area contributed by atoms with E-state index in [2.05, 4.69) is 27.7 Å². The first-order valence-corrected chi connectivity index (χ1v) is 19.1. The van der Waals surface area contributed by atoms with E-state index in [0.29, 0.717) is 0 Å². The lowest BCUT2D eigenvalue weighted by molar-refractivity contribution is -0.929. The van der Waals surface area contributed by atoms with E-state index in [1.807, 2.05) is 0 Å². The van der Waals surface area contributed by atoms with Gasteiger partial charge >= 0.3 is 0 Å². The molecule has 0 N–H and O–H groups in total. The Kier molecular flexibility index (Phi) is 37.9. The second kappa shape index (κ2) is 35.6. The third-order valence-electron chi connectivity index (χ3n) is 9.44. The van der Waals surface area contributed by atoms with E-state index in [4.69, 9.17) is 0 Å². The Morgan fingerprint density at radius 1 is 0.225 bits per heavy atom. The molecule has 0 rings (SSSR count). The molecule has 0 aliphatic heterocycles. The Morgan fingerprint density at radius 2 is 0.400 bits per heavy atom. The molecule has 0 aliphatic carbocycles. The van der Waals surface area contributed by atoms with Crippen molar-refractivity contribution in [2.24, 2.45) is 0 Å². The van der Waals surface area contributed by atoms with Gasteiger partial charge in [-0.1, -0.05) is 188 Å². The van der Waals surface area contributed by atoms with Crippen LogP contribution in [0.5, 0.6) is 0 Å². The lowest BCUT2D eigenvalue weighted by atomic mass is 10.0. The maximum atomic E-state index is 2.37. The van der Waals surface area contributed by atoms with Gasteiger partial charge < -0.3 is 21.5 Å². The average Bonchev–Trinajstić information content (AvgIpc) is 2.95. The molecule has 2 heteroatoms. The van der Waals surface area contributed by atoms with Crippen molar-refractivity contribution < 1.29 is 21.5 Å². The molecule has 0 saturated carbocycles. The number of halogens is 1. The number of hydrogen-bond donors (Lipinski definition) is 0. The number of nitrogens with zero attached hydrogens (tertiary/aromatic N) is 1. The lowest BCUT2D eigenvalue weighted by Crippen LogP contribution is -3.00. The molecule has 0 aromatic carbocycles. The topological polar surface area (TPSA) is 0 Å². The van der Waals surface area contributed by atoms with E-state index >= 15 is 0 Å². The minimum Gasteiger partial charge on any atom is -1.00 e. The molecule has 0 unspecified atom stereocenters. The largest absolute Gasteiger partial charge is 1.00 e. The zero-order chi connectivity index (χ0) is 28.5. The van der Waals surface area contributed by atoms with Crippen LogP contribution in [-0.2, 0) is 0 Å². The van der Waals surface area contributed by atoms with Crippen LogP contribution in [-0.4, -0.2) is 30.7 Å². The average molecular weight is 631 g/mol. The summed E-state index contributed by atoms with van der Waals surface area (Å²) in [5, 5.41) is 0. The van der Waals surface area contributed by atoms with Crippen molar-refractivity contribution >= 4 is 0 Å². The van der Waals surface area contributed by atoms with Gasteiger partial charge in [0.2, 0.25) is 0 Å². The molecule has 0 heterocycles. The van der Waals surface area contributed by atoms with Gasteiger partial charge in [0.15, 0.2) is 0 Å². The van der Waals surface area contributed by atoms with Crippen LogP contribution in [0.4, 0.5) is 0 Å². The predicted octanol–water partition coefficient (Wildman–Crippen LogP) is 10.6. The Bertz CT molecular complexity index is 415. The van der Waals surface area contributed by atoms with Crippen molar-refractivity contribution in [3.05, 3.63) is 0 Å². The summed E-state index contributed by atoms with van der Waals surface area (Å²) in [6, 6.07) is 0. The summed E-state index contributed by atoms with van der Waals surface area (Å²) in [6.07, 6.45) is 43.9. The minimum atomic E-state index is 0. The molecule has 0 saturated heterocycles. The van der Waals surface area contributed by atoms with Crippen molar-refractivity contribution in [1.82, 2.24) is 0 Å². The molecule has 40 heavy (non-hydrogen) atoms. The molecular weight excluding hydrogens is 550 g/mol. The van der Waals surface area contributed by atoms with Crippen molar-refractivity contribution in [1.29, 1.82) is 0 Å². The molecular formula is C38H80BrN. The van der Waals surface area contributed by atoms with E-state index in [-0.39, 0.29) is 17.0 Å². The van der Waals surface area contributed by atoms with E-state index in [1.54, 1.807) is 0 Å². The Labute approximate surface area is 267 Å². The van der Waals surface area contributed by atoms with Crippen LogP contribution in [0, 0.1) is 0 Å². The van der Waals surface area contributed by atoms with Gasteiger partial charge in [-0.2, -0.15) is 0 Å². The Morgan fingerprint density at radius 3 is 0.625 bits per heavy atom. The predicted molar refractivity (Wildman–Crippen MR) is 181 cm³/mol. The standard InChI is InChI=1S/C38H80N.BrH/c1-5-9-13-14-15-16-17-18-19-20-21-22-23-24-25-26-27-28-29-30-31-32-33-34-38-39(35-10-6-2,36-11-7-3)37-12-8-4;/h5-38H2,1-4H3;1H/q+1;/p-1. The van der Waals surface area contributed by atoms with E-state index < -0.39 is 0 Å². The molecule has 0 aromatic heterocycles. The Hall–Kier alpha value is 0.440. The normalized spacial score (nSPS) is 11.7. The van der Waals surface area contributed by atoms with Crippen molar-refractivity contribution in [3.63, 3.8) is 0 Å². The zero-order valence-electron chi connectivity index (χ0n) is 28.9. The maximum absolute atomic E-state index is 2.37. The second-order valence-corrected chi connectivity index (χ2v) is 13.4. The quantitative estimate of drug-likeness (QED) is 0.0490. The summed E-state index contributed by atoms with van der Waals surface area (Å²) in [5.74, 6) is 0. The second-order valence-electron chi connectivity index (χ2n) is 13.4. The SMILES string of the molecule is CCCCCCCCCCCCCCCCCCCCCCCCCC[N+](CCCC)(CCCC)CCCC.[Br-]. The highest BCUT2D eigenvalue weighted by Gasteiger charge is 2.25. The van der Waals surface area contributed by atoms with Gasteiger partial charge in [-0.25, -0.2) is 0 Å². The Balaban J connectivity index is 0. The van der Waals surface area contributed by atoms with E-state index in [1.165, 1.54) is 223 Å². The molecule has 0 radical (unpaired) electrons. The molecule has 0 aliphatic rings. The minimum absolute atomic E-state index is 0.